The first kappa shape index (κ1) is 29.8. The van der Waals surface area contributed by atoms with Gasteiger partial charge in [-0.3, -0.25) is 19.5 Å². The van der Waals surface area contributed by atoms with E-state index in [0.29, 0.717) is 0 Å². The average Bonchev–Trinajstić information content (AvgIpc) is 2.83. The highest BCUT2D eigenvalue weighted by molar-refractivity contribution is 5.83. The molecular formula is C25H33N5O8. The van der Waals surface area contributed by atoms with Gasteiger partial charge in [0.1, 0.15) is 31.1 Å². The van der Waals surface area contributed by atoms with Crippen molar-refractivity contribution in [1.29, 1.82) is 0 Å². The monoisotopic (exact) mass is 531 g/mol. The van der Waals surface area contributed by atoms with E-state index in [1.807, 2.05) is 18.2 Å². The van der Waals surface area contributed by atoms with Crippen molar-refractivity contribution in [3.8, 4) is 0 Å². The number of hydrogen-bond acceptors (Lipinski definition) is 9. The lowest BCUT2D eigenvalue weighted by Crippen LogP contribution is -2.44. The third kappa shape index (κ3) is 11.1. The van der Waals surface area contributed by atoms with Crippen LogP contribution in [0.2, 0.25) is 0 Å². The van der Waals surface area contributed by atoms with Crippen LogP contribution < -0.4 is 16.3 Å². The summed E-state index contributed by atoms with van der Waals surface area (Å²) in [7, 11) is 0. The quantitative estimate of drug-likeness (QED) is 0.326. The fraction of sp³-hybridized carbons (Fsp3) is 0.440. The second kappa shape index (κ2) is 14.4. The van der Waals surface area contributed by atoms with Crippen molar-refractivity contribution in [2.45, 2.75) is 46.4 Å². The molecule has 206 valence electrons. The van der Waals surface area contributed by atoms with Crippen LogP contribution in [-0.4, -0.2) is 70.4 Å². The van der Waals surface area contributed by atoms with Gasteiger partial charge in [0.05, 0.1) is 6.61 Å². The van der Waals surface area contributed by atoms with E-state index in [0.717, 1.165) is 15.0 Å². The van der Waals surface area contributed by atoms with E-state index < -0.39 is 41.9 Å². The Morgan fingerprint density at radius 3 is 2.37 bits per heavy atom. The first-order valence-electron chi connectivity index (χ1n) is 11.9. The molecular weight excluding hydrogens is 498 g/mol. The molecule has 2 N–H and O–H groups in total. The summed E-state index contributed by atoms with van der Waals surface area (Å²) in [6, 6.07) is 10.4. The highest BCUT2D eigenvalue weighted by atomic mass is 16.6. The molecule has 3 amide bonds. The summed E-state index contributed by atoms with van der Waals surface area (Å²) in [5, 5.41) is 4.87. The Morgan fingerprint density at radius 1 is 1.03 bits per heavy atom. The fourth-order valence-electron chi connectivity index (χ4n) is 2.99. The summed E-state index contributed by atoms with van der Waals surface area (Å²) in [4.78, 5) is 66.1. The lowest BCUT2D eigenvalue weighted by Gasteiger charge is -2.23. The number of anilines is 1. The van der Waals surface area contributed by atoms with E-state index in [4.69, 9.17) is 14.2 Å². The van der Waals surface area contributed by atoms with Gasteiger partial charge >= 0.3 is 23.8 Å². The van der Waals surface area contributed by atoms with Gasteiger partial charge in [-0.2, -0.15) is 4.98 Å². The van der Waals surface area contributed by atoms with E-state index >= 15 is 0 Å². The molecule has 0 saturated heterocycles. The predicted molar refractivity (Wildman–Crippen MR) is 136 cm³/mol. The van der Waals surface area contributed by atoms with Crippen molar-refractivity contribution in [2.75, 3.05) is 31.6 Å². The third-order valence-electron chi connectivity index (χ3n) is 4.65. The maximum Gasteiger partial charge on any atom is 0.413 e. The zero-order chi connectivity index (χ0) is 28.1. The molecule has 2 rings (SSSR count). The van der Waals surface area contributed by atoms with Crippen LogP contribution in [0.5, 0.6) is 0 Å². The van der Waals surface area contributed by atoms with Crippen LogP contribution in [0.3, 0.4) is 0 Å². The normalized spacial score (nSPS) is 10.7. The molecule has 0 radical (unpaired) electrons. The minimum atomic E-state index is -0.804. The number of alkyl carbamates (subject to hydrolysis) is 1. The number of rotatable bonds is 11. The number of carbonyl (C=O) groups excluding carboxylic acids is 4. The molecule has 13 heteroatoms. The van der Waals surface area contributed by atoms with E-state index in [2.05, 4.69) is 15.6 Å². The number of amides is 3. The summed E-state index contributed by atoms with van der Waals surface area (Å²) < 4.78 is 16.2. The summed E-state index contributed by atoms with van der Waals surface area (Å²) in [6.45, 7) is 6.09. The number of hydrogen-bond donors (Lipinski definition) is 2. The fourth-order valence-corrected chi connectivity index (χ4v) is 2.99. The Kier molecular flexibility index (Phi) is 11.3. The highest BCUT2D eigenvalue weighted by Crippen LogP contribution is 2.07. The highest BCUT2D eigenvalue weighted by Gasteiger charge is 2.21. The summed E-state index contributed by atoms with van der Waals surface area (Å²) in [5.41, 5.74) is -0.710. The zero-order valence-corrected chi connectivity index (χ0v) is 21.9. The van der Waals surface area contributed by atoms with Crippen LogP contribution in [0.4, 0.5) is 15.4 Å². The predicted octanol–water partition coefficient (Wildman–Crippen LogP) is 1.91. The van der Waals surface area contributed by atoms with Crippen LogP contribution in [-0.2, 0) is 37.0 Å². The summed E-state index contributed by atoms with van der Waals surface area (Å²) >= 11 is 0. The molecule has 38 heavy (non-hydrogen) atoms. The molecule has 0 saturated carbocycles. The molecule has 0 aliphatic carbocycles. The maximum atomic E-state index is 12.9. The van der Waals surface area contributed by atoms with Gasteiger partial charge < -0.3 is 24.4 Å². The standard InChI is InChI=1S/C25H33N5O8/c1-5-36-21(32)16-29(14-12-26-23(34)38-25(2,3)4)20(31)15-30-13-11-19(27-22(30)33)28-24(35)37-17-18-9-7-6-8-10-18/h6-11,13H,5,12,14-17H2,1-4H3,(H,26,34)(H,27,28,33,35). The van der Waals surface area contributed by atoms with Crippen molar-refractivity contribution in [2.24, 2.45) is 0 Å². The molecule has 0 aliphatic heterocycles. The Balaban J connectivity index is 1.97. The van der Waals surface area contributed by atoms with Gasteiger partial charge in [0.2, 0.25) is 5.91 Å². The van der Waals surface area contributed by atoms with Crippen LogP contribution in [0.25, 0.3) is 0 Å². The number of nitrogens with one attached hydrogen (secondary N) is 2. The number of nitrogens with zero attached hydrogens (tertiary/aromatic N) is 3. The van der Waals surface area contributed by atoms with Crippen molar-refractivity contribution in [3.05, 3.63) is 58.6 Å². The molecule has 0 bridgehead atoms. The van der Waals surface area contributed by atoms with Gasteiger partial charge in [-0.1, -0.05) is 30.3 Å². The largest absolute Gasteiger partial charge is 0.465 e. The number of carbonyl (C=O) groups is 4. The molecule has 0 fully saturated rings. The van der Waals surface area contributed by atoms with E-state index in [1.54, 1.807) is 39.8 Å². The molecule has 13 nitrogen and oxygen atoms in total. The van der Waals surface area contributed by atoms with Gasteiger partial charge in [0.25, 0.3) is 0 Å². The van der Waals surface area contributed by atoms with E-state index in [-0.39, 0.29) is 38.7 Å². The Morgan fingerprint density at radius 2 is 1.74 bits per heavy atom. The summed E-state index contributed by atoms with van der Waals surface area (Å²) in [5.74, 6) is -1.28. The molecule has 1 aromatic heterocycles. The van der Waals surface area contributed by atoms with E-state index in [9.17, 15) is 24.0 Å². The number of aromatic nitrogens is 2. The third-order valence-corrected chi connectivity index (χ3v) is 4.65. The lowest BCUT2D eigenvalue weighted by molar-refractivity contribution is -0.149. The molecule has 1 aromatic carbocycles. The number of benzene rings is 1. The second-order valence-electron chi connectivity index (χ2n) is 8.96. The van der Waals surface area contributed by atoms with E-state index in [1.165, 1.54) is 12.3 Å². The minimum absolute atomic E-state index is 0.00115. The van der Waals surface area contributed by atoms with Crippen molar-refractivity contribution in [1.82, 2.24) is 19.8 Å². The molecule has 0 aliphatic rings. The smallest absolute Gasteiger partial charge is 0.413 e. The van der Waals surface area contributed by atoms with Crippen LogP contribution >= 0.6 is 0 Å². The first-order valence-corrected chi connectivity index (χ1v) is 11.9. The molecule has 1 heterocycles. The van der Waals surface area contributed by atoms with Crippen molar-refractivity contribution in [3.63, 3.8) is 0 Å². The number of ether oxygens (including phenoxy) is 3. The van der Waals surface area contributed by atoms with Gasteiger partial charge in [0, 0.05) is 19.3 Å². The molecule has 0 atom stereocenters. The van der Waals surface area contributed by atoms with Crippen molar-refractivity contribution < 1.29 is 33.4 Å². The first-order chi connectivity index (χ1) is 18.0. The maximum absolute atomic E-state index is 12.9. The van der Waals surface area contributed by atoms with Crippen molar-refractivity contribution >= 4 is 29.9 Å². The Hall–Kier alpha value is -4.42. The van der Waals surface area contributed by atoms with Gasteiger partial charge in [0.15, 0.2) is 0 Å². The Labute approximate surface area is 220 Å². The molecule has 2 aromatic rings. The van der Waals surface area contributed by atoms with Crippen LogP contribution in [0.15, 0.2) is 47.4 Å². The molecule has 0 unspecified atom stereocenters. The van der Waals surface area contributed by atoms with Crippen LogP contribution in [0, 0.1) is 0 Å². The Bertz CT molecular complexity index is 1160. The zero-order valence-electron chi connectivity index (χ0n) is 21.9. The second-order valence-corrected chi connectivity index (χ2v) is 8.96. The number of esters is 1. The average molecular weight is 532 g/mol. The summed E-state index contributed by atoms with van der Waals surface area (Å²) in [6.07, 6.45) is -0.193. The van der Waals surface area contributed by atoms with Gasteiger partial charge in [-0.25, -0.2) is 14.4 Å². The SMILES string of the molecule is CCOC(=O)CN(CCNC(=O)OC(C)(C)C)C(=O)Cn1ccc(NC(=O)OCc2ccccc2)nc1=O. The minimum Gasteiger partial charge on any atom is -0.465 e. The van der Waals surface area contributed by atoms with Crippen LogP contribution in [0.1, 0.15) is 33.3 Å². The topological polar surface area (TPSA) is 158 Å². The van der Waals surface area contributed by atoms with Gasteiger partial charge in [-0.05, 0) is 39.3 Å². The lowest BCUT2D eigenvalue weighted by atomic mass is 10.2. The molecule has 0 spiro atoms. The van der Waals surface area contributed by atoms with Gasteiger partial charge in [-0.15, -0.1) is 0 Å².